The van der Waals surface area contributed by atoms with Crippen molar-refractivity contribution in [3.63, 3.8) is 0 Å². The second-order valence-corrected chi connectivity index (χ2v) is 6.48. The Morgan fingerprint density at radius 2 is 2.05 bits per heavy atom. The van der Waals surface area contributed by atoms with Crippen LogP contribution in [0, 0.1) is 17.8 Å². The van der Waals surface area contributed by atoms with Gasteiger partial charge in [0.1, 0.15) is 0 Å². The number of rotatable bonds is 3. The van der Waals surface area contributed by atoms with E-state index in [4.69, 9.17) is 0 Å². The SMILES string of the molecule is CC1CCC(C(O)Cn2cnc3ccccc32)CC1C. The summed E-state index contributed by atoms with van der Waals surface area (Å²) in [6.45, 7) is 5.30. The molecule has 0 amide bonds. The van der Waals surface area contributed by atoms with Gasteiger partial charge < -0.3 is 9.67 Å². The maximum absolute atomic E-state index is 10.6. The van der Waals surface area contributed by atoms with Gasteiger partial charge in [-0.05, 0) is 42.7 Å². The zero-order valence-electron chi connectivity index (χ0n) is 12.4. The van der Waals surface area contributed by atoms with Crippen LogP contribution < -0.4 is 0 Å². The topological polar surface area (TPSA) is 38.0 Å². The molecule has 1 saturated carbocycles. The summed E-state index contributed by atoms with van der Waals surface area (Å²) >= 11 is 0. The highest BCUT2D eigenvalue weighted by Crippen LogP contribution is 2.35. The normalized spacial score (nSPS) is 28.6. The van der Waals surface area contributed by atoms with E-state index in [1.165, 1.54) is 6.42 Å². The van der Waals surface area contributed by atoms with Crippen molar-refractivity contribution >= 4 is 11.0 Å². The Hall–Kier alpha value is -1.35. The predicted molar refractivity (Wildman–Crippen MR) is 81.4 cm³/mol. The lowest BCUT2D eigenvalue weighted by molar-refractivity contribution is 0.0454. The molecule has 20 heavy (non-hydrogen) atoms. The fraction of sp³-hybridized carbons (Fsp3) is 0.588. The fourth-order valence-corrected chi connectivity index (χ4v) is 3.45. The first kappa shape index (κ1) is 13.6. The van der Waals surface area contributed by atoms with Crippen LogP contribution in [0.2, 0.25) is 0 Å². The zero-order valence-corrected chi connectivity index (χ0v) is 12.4. The van der Waals surface area contributed by atoms with Gasteiger partial charge >= 0.3 is 0 Å². The molecule has 3 rings (SSSR count). The molecule has 0 aliphatic heterocycles. The van der Waals surface area contributed by atoms with E-state index in [0.29, 0.717) is 12.5 Å². The van der Waals surface area contributed by atoms with Crippen LogP contribution in [0.15, 0.2) is 30.6 Å². The lowest BCUT2D eigenvalue weighted by Crippen LogP contribution is -2.32. The van der Waals surface area contributed by atoms with Gasteiger partial charge in [0, 0.05) is 0 Å². The van der Waals surface area contributed by atoms with Crippen molar-refractivity contribution in [2.45, 2.75) is 45.8 Å². The van der Waals surface area contributed by atoms with Gasteiger partial charge in [0.05, 0.1) is 30.0 Å². The molecule has 1 aromatic heterocycles. The van der Waals surface area contributed by atoms with Gasteiger partial charge in [0.15, 0.2) is 0 Å². The van der Waals surface area contributed by atoms with Crippen LogP contribution >= 0.6 is 0 Å². The Morgan fingerprint density at radius 3 is 2.85 bits per heavy atom. The molecule has 1 aliphatic carbocycles. The van der Waals surface area contributed by atoms with E-state index in [2.05, 4.69) is 29.5 Å². The molecule has 0 saturated heterocycles. The van der Waals surface area contributed by atoms with Gasteiger partial charge in [-0.1, -0.05) is 32.4 Å². The highest BCUT2D eigenvalue weighted by Gasteiger charge is 2.29. The molecule has 0 radical (unpaired) electrons. The Balaban J connectivity index is 1.71. The molecule has 0 bridgehead atoms. The third-order valence-electron chi connectivity index (χ3n) is 5.09. The molecule has 1 aromatic carbocycles. The monoisotopic (exact) mass is 272 g/mol. The average Bonchev–Trinajstić information content (AvgIpc) is 2.85. The number of hydrogen-bond acceptors (Lipinski definition) is 2. The van der Waals surface area contributed by atoms with Crippen molar-refractivity contribution in [1.82, 2.24) is 9.55 Å². The van der Waals surface area contributed by atoms with E-state index in [1.54, 1.807) is 0 Å². The number of nitrogens with zero attached hydrogens (tertiary/aromatic N) is 2. The molecule has 4 unspecified atom stereocenters. The minimum Gasteiger partial charge on any atom is -0.391 e. The Kier molecular flexibility index (Phi) is 3.79. The molecule has 3 heteroatoms. The number of aliphatic hydroxyl groups is 1. The lowest BCUT2D eigenvalue weighted by Gasteiger charge is -2.34. The first-order valence-electron chi connectivity index (χ1n) is 7.73. The standard InChI is InChI=1S/C17H24N2O/c1-12-7-8-14(9-13(12)2)17(20)10-19-11-18-15-5-3-4-6-16(15)19/h3-6,11-14,17,20H,7-10H2,1-2H3. The molecule has 0 spiro atoms. The minimum atomic E-state index is -0.262. The van der Waals surface area contributed by atoms with Crippen molar-refractivity contribution in [2.24, 2.45) is 17.8 Å². The molecular weight excluding hydrogens is 248 g/mol. The molecular formula is C17H24N2O. The van der Waals surface area contributed by atoms with Crippen LogP contribution in [-0.2, 0) is 6.54 Å². The maximum Gasteiger partial charge on any atom is 0.0959 e. The lowest BCUT2D eigenvalue weighted by atomic mass is 9.74. The number of fused-ring (bicyclic) bond motifs is 1. The quantitative estimate of drug-likeness (QED) is 0.929. The van der Waals surface area contributed by atoms with Gasteiger partial charge in [-0.25, -0.2) is 4.98 Å². The van der Waals surface area contributed by atoms with Crippen molar-refractivity contribution in [3.05, 3.63) is 30.6 Å². The minimum absolute atomic E-state index is 0.262. The molecule has 4 atom stereocenters. The van der Waals surface area contributed by atoms with Crippen LogP contribution in [0.5, 0.6) is 0 Å². The van der Waals surface area contributed by atoms with Crippen LogP contribution in [0.1, 0.15) is 33.1 Å². The molecule has 2 aromatic rings. The van der Waals surface area contributed by atoms with Crippen molar-refractivity contribution in [2.75, 3.05) is 0 Å². The summed E-state index contributed by atoms with van der Waals surface area (Å²) in [6, 6.07) is 8.11. The second kappa shape index (κ2) is 5.57. The van der Waals surface area contributed by atoms with Crippen molar-refractivity contribution in [1.29, 1.82) is 0 Å². The molecule has 1 N–H and O–H groups in total. The summed E-state index contributed by atoms with van der Waals surface area (Å²) in [7, 11) is 0. The van der Waals surface area contributed by atoms with E-state index in [0.717, 1.165) is 35.7 Å². The predicted octanol–water partition coefficient (Wildman–Crippen LogP) is 3.47. The van der Waals surface area contributed by atoms with E-state index in [9.17, 15) is 5.11 Å². The molecule has 3 nitrogen and oxygen atoms in total. The summed E-state index contributed by atoms with van der Waals surface area (Å²) < 4.78 is 2.09. The third-order valence-corrected chi connectivity index (χ3v) is 5.09. The molecule has 108 valence electrons. The van der Waals surface area contributed by atoms with E-state index < -0.39 is 0 Å². The van der Waals surface area contributed by atoms with Gasteiger partial charge in [-0.3, -0.25) is 0 Å². The summed E-state index contributed by atoms with van der Waals surface area (Å²) in [6.07, 6.45) is 5.13. The van der Waals surface area contributed by atoms with Gasteiger partial charge in [0.2, 0.25) is 0 Å². The highest BCUT2D eigenvalue weighted by atomic mass is 16.3. The maximum atomic E-state index is 10.6. The first-order valence-corrected chi connectivity index (χ1v) is 7.73. The number of benzene rings is 1. The second-order valence-electron chi connectivity index (χ2n) is 6.48. The Bertz CT molecular complexity index is 577. The number of para-hydroxylation sites is 2. The average molecular weight is 272 g/mol. The summed E-state index contributed by atoms with van der Waals surface area (Å²) in [5.74, 6) is 1.96. The fourth-order valence-electron chi connectivity index (χ4n) is 3.45. The van der Waals surface area contributed by atoms with Crippen LogP contribution in [-0.4, -0.2) is 20.8 Å². The van der Waals surface area contributed by atoms with E-state index in [-0.39, 0.29) is 6.10 Å². The van der Waals surface area contributed by atoms with E-state index >= 15 is 0 Å². The van der Waals surface area contributed by atoms with Crippen molar-refractivity contribution in [3.8, 4) is 0 Å². The number of imidazole rings is 1. The van der Waals surface area contributed by atoms with Gasteiger partial charge in [0.25, 0.3) is 0 Å². The molecule has 1 aliphatic rings. The van der Waals surface area contributed by atoms with Gasteiger partial charge in [-0.2, -0.15) is 0 Å². The van der Waals surface area contributed by atoms with Crippen LogP contribution in [0.4, 0.5) is 0 Å². The Morgan fingerprint density at radius 1 is 1.25 bits per heavy atom. The number of aromatic nitrogens is 2. The third kappa shape index (κ3) is 2.59. The first-order chi connectivity index (χ1) is 9.65. The van der Waals surface area contributed by atoms with Gasteiger partial charge in [-0.15, -0.1) is 0 Å². The van der Waals surface area contributed by atoms with Crippen LogP contribution in [0.25, 0.3) is 11.0 Å². The van der Waals surface area contributed by atoms with E-state index in [1.807, 2.05) is 24.5 Å². The molecule has 1 fully saturated rings. The number of aliphatic hydroxyl groups excluding tert-OH is 1. The summed E-state index contributed by atoms with van der Waals surface area (Å²) in [5.41, 5.74) is 2.12. The molecule has 1 heterocycles. The number of hydrogen-bond donors (Lipinski definition) is 1. The Labute approximate surface area is 120 Å². The summed E-state index contributed by atoms with van der Waals surface area (Å²) in [4.78, 5) is 4.40. The highest BCUT2D eigenvalue weighted by molar-refractivity contribution is 5.74. The largest absolute Gasteiger partial charge is 0.391 e. The smallest absolute Gasteiger partial charge is 0.0959 e. The van der Waals surface area contributed by atoms with Crippen molar-refractivity contribution < 1.29 is 5.11 Å². The summed E-state index contributed by atoms with van der Waals surface area (Å²) in [5, 5.41) is 10.6. The zero-order chi connectivity index (χ0) is 14.1. The van der Waals surface area contributed by atoms with Crippen LogP contribution in [0.3, 0.4) is 0 Å².